The zero-order valence-electron chi connectivity index (χ0n) is 12.5. The van der Waals surface area contributed by atoms with Gasteiger partial charge in [-0.25, -0.2) is 0 Å². The summed E-state index contributed by atoms with van der Waals surface area (Å²) in [6.07, 6.45) is 2.45. The van der Waals surface area contributed by atoms with Crippen LogP contribution in [0.3, 0.4) is 0 Å². The van der Waals surface area contributed by atoms with Crippen molar-refractivity contribution >= 4 is 16.9 Å². The van der Waals surface area contributed by atoms with Crippen LogP contribution < -0.4 is 0 Å². The second kappa shape index (κ2) is 6.13. The number of aromatic amines is 1. The van der Waals surface area contributed by atoms with Crippen molar-refractivity contribution in [2.75, 3.05) is 6.61 Å². The van der Waals surface area contributed by atoms with Gasteiger partial charge in [0, 0.05) is 10.9 Å². The molecule has 0 saturated heterocycles. The first kappa shape index (κ1) is 16.6. The van der Waals surface area contributed by atoms with Gasteiger partial charge in [0.1, 0.15) is 5.60 Å². The zero-order valence-corrected chi connectivity index (χ0v) is 12.5. The number of rotatable bonds is 4. The summed E-state index contributed by atoms with van der Waals surface area (Å²) < 4.78 is 5.94. The van der Waals surface area contributed by atoms with E-state index in [1.54, 1.807) is 0 Å². The van der Waals surface area contributed by atoms with Gasteiger partial charge in [-0.2, -0.15) is 0 Å². The van der Waals surface area contributed by atoms with Crippen molar-refractivity contribution in [2.24, 2.45) is 0 Å². The highest BCUT2D eigenvalue weighted by Crippen LogP contribution is 2.42. The molecule has 0 bridgehead atoms. The SMILES string of the molecule is C.CCc1cccc2c3c([nH]c12)[C@](CC)(CC(=O)O)OCC3. The van der Waals surface area contributed by atoms with Gasteiger partial charge in [0.15, 0.2) is 0 Å². The molecule has 0 radical (unpaired) electrons. The Morgan fingerprint density at radius 2 is 2.18 bits per heavy atom. The van der Waals surface area contributed by atoms with E-state index >= 15 is 0 Å². The van der Waals surface area contributed by atoms with Crippen LogP contribution in [0.1, 0.15) is 50.9 Å². The van der Waals surface area contributed by atoms with Gasteiger partial charge in [-0.1, -0.05) is 39.5 Å². The van der Waals surface area contributed by atoms with E-state index in [0.717, 1.165) is 24.1 Å². The number of carbonyl (C=O) groups is 1. The molecule has 1 aliphatic rings. The van der Waals surface area contributed by atoms with Gasteiger partial charge < -0.3 is 14.8 Å². The lowest BCUT2D eigenvalue weighted by Gasteiger charge is -2.35. The fraction of sp³-hybridized carbons (Fsp3) is 0.500. The smallest absolute Gasteiger partial charge is 0.306 e. The van der Waals surface area contributed by atoms with Gasteiger partial charge in [-0.05, 0) is 30.4 Å². The molecule has 4 nitrogen and oxygen atoms in total. The van der Waals surface area contributed by atoms with Gasteiger partial charge >= 0.3 is 5.97 Å². The van der Waals surface area contributed by atoms with E-state index in [-0.39, 0.29) is 13.8 Å². The van der Waals surface area contributed by atoms with E-state index in [2.05, 4.69) is 30.1 Å². The Morgan fingerprint density at radius 3 is 2.82 bits per heavy atom. The predicted molar refractivity (Wildman–Crippen MR) is 88.3 cm³/mol. The summed E-state index contributed by atoms with van der Waals surface area (Å²) in [6.45, 7) is 4.71. The maximum absolute atomic E-state index is 11.3. The molecule has 120 valence electrons. The summed E-state index contributed by atoms with van der Waals surface area (Å²) >= 11 is 0. The van der Waals surface area contributed by atoms with Gasteiger partial charge in [0.2, 0.25) is 0 Å². The molecule has 1 aromatic carbocycles. The molecule has 2 N–H and O–H groups in total. The number of benzene rings is 1. The number of aliphatic carboxylic acids is 1. The minimum Gasteiger partial charge on any atom is -0.481 e. The van der Waals surface area contributed by atoms with Crippen LogP contribution in [-0.4, -0.2) is 22.7 Å². The summed E-state index contributed by atoms with van der Waals surface area (Å²) in [5, 5.41) is 10.5. The van der Waals surface area contributed by atoms with Crippen LogP contribution in [-0.2, 0) is 28.0 Å². The Balaban J connectivity index is 0.00000176. The molecule has 4 heteroatoms. The average molecular weight is 303 g/mol. The van der Waals surface area contributed by atoms with Crippen molar-refractivity contribution in [1.82, 2.24) is 4.98 Å². The molecule has 1 aromatic heterocycles. The molecule has 3 rings (SSSR count). The monoisotopic (exact) mass is 303 g/mol. The second-order valence-electron chi connectivity index (χ2n) is 5.69. The Hall–Kier alpha value is -1.81. The van der Waals surface area contributed by atoms with Gasteiger partial charge in [-0.3, -0.25) is 4.79 Å². The summed E-state index contributed by atoms with van der Waals surface area (Å²) in [5.41, 5.74) is 3.88. The van der Waals surface area contributed by atoms with E-state index in [0.29, 0.717) is 13.0 Å². The molecular weight excluding hydrogens is 278 g/mol. The van der Waals surface area contributed by atoms with Crippen LogP contribution >= 0.6 is 0 Å². The number of fused-ring (bicyclic) bond motifs is 3. The molecule has 1 atom stereocenters. The molecule has 0 aliphatic carbocycles. The summed E-state index contributed by atoms with van der Waals surface area (Å²) in [6, 6.07) is 6.32. The number of carboxylic acid groups (broad SMARTS) is 1. The molecule has 1 aliphatic heterocycles. The lowest BCUT2D eigenvalue weighted by atomic mass is 9.86. The summed E-state index contributed by atoms with van der Waals surface area (Å²) in [4.78, 5) is 14.8. The van der Waals surface area contributed by atoms with E-state index in [9.17, 15) is 9.90 Å². The normalized spacial score (nSPS) is 20.5. The van der Waals surface area contributed by atoms with Crippen LogP contribution in [0.25, 0.3) is 10.9 Å². The summed E-state index contributed by atoms with van der Waals surface area (Å²) in [5.74, 6) is -0.820. The molecule has 2 heterocycles. The maximum Gasteiger partial charge on any atom is 0.306 e. The highest BCUT2D eigenvalue weighted by molar-refractivity contribution is 5.88. The largest absolute Gasteiger partial charge is 0.481 e. The number of aromatic nitrogens is 1. The minimum absolute atomic E-state index is 0. The minimum atomic E-state index is -0.820. The highest BCUT2D eigenvalue weighted by atomic mass is 16.5. The average Bonchev–Trinajstić information content (AvgIpc) is 2.87. The number of H-pyrrole nitrogens is 1. The Morgan fingerprint density at radius 1 is 1.41 bits per heavy atom. The molecule has 0 unspecified atom stereocenters. The number of ether oxygens (including phenoxy) is 1. The third kappa shape index (κ3) is 2.41. The Bertz CT molecular complexity index is 689. The number of hydrogen-bond donors (Lipinski definition) is 2. The van der Waals surface area contributed by atoms with Crippen LogP contribution in [0, 0.1) is 0 Å². The van der Waals surface area contributed by atoms with Gasteiger partial charge in [0.25, 0.3) is 0 Å². The van der Waals surface area contributed by atoms with Crippen LogP contribution in [0.2, 0.25) is 0 Å². The first-order valence-electron chi connectivity index (χ1n) is 7.60. The van der Waals surface area contributed by atoms with Crippen molar-refractivity contribution in [2.45, 2.75) is 52.6 Å². The van der Waals surface area contributed by atoms with Crippen LogP contribution in [0.15, 0.2) is 18.2 Å². The fourth-order valence-corrected chi connectivity index (χ4v) is 3.49. The number of para-hydroxylation sites is 1. The van der Waals surface area contributed by atoms with Gasteiger partial charge in [0.05, 0.1) is 18.7 Å². The second-order valence-corrected chi connectivity index (χ2v) is 5.69. The van der Waals surface area contributed by atoms with Crippen molar-refractivity contribution in [3.63, 3.8) is 0 Å². The van der Waals surface area contributed by atoms with Crippen molar-refractivity contribution in [3.05, 3.63) is 35.0 Å². The topological polar surface area (TPSA) is 62.3 Å². The van der Waals surface area contributed by atoms with Crippen molar-refractivity contribution in [3.8, 4) is 0 Å². The number of aryl methyl sites for hydroxylation is 1. The van der Waals surface area contributed by atoms with Crippen LogP contribution in [0.5, 0.6) is 0 Å². The molecule has 0 fully saturated rings. The third-order valence-electron chi connectivity index (χ3n) is 4.60. The van der Waals surface area contributed by atoms with E-state index in [1.165, 1.54) is 16.5 Å². The molecular formula is C18H25NO3. The first-order chi connectivity index (χ1) is 10.1. The molecule has 0 spiro atoms. The Labute approximate surface area is 131 Å². The first-order valence-corrected chi connectivity index (χ1v) is 7.60. The quantitative estimate of drug-likeness (QED) is 0.896. The zero-order chi connectivity index (χ0) is 15.0. The lowest BCUT2D eigenvalue weighted by molar-refractivity contribution is -0.148. The van der Waals surface area contributed by atoms with Gasteiger partial charge in [-0.15, -0.1) is 0 Å². The number of carboxylic acids is 1. The maximum atomic E-state index is 11.3. The highest BCUT2D eigenvalue weighted by Gasteiger charge is 2.40. The van der Waals surface area contributed by atoms with Crippen molar-refractivity contribution < 1.29 is 14.6 Å². The third-order valence-corrected chi connectivity index (χ3v) is 4.60. The van der Waals surface area contributed by atoms with Crippen LogP contribution in [0.4, 0.5) is 0 Å². The molecule has 0 amide bonds. The molecule has 22 heavy (non-hydrogen) atoms. The predicted octanol–water partition coefficient (Wildman–Crippen LogP) is 4.02. The fourth-order valence-electron chi connectivity index (χ4n) is 3.49. The lowest BCUT2D eigenvalue weighted by Crippen LogP contribution is -2.37. The Kier molecular flexibility index (Phi) is 4.61. The van der Waals surface area contributed by atoms with E-state index in [4.69, 9.17) is 4.74 Å². The molecule has 0 saturated carbocycles. The van der Waals surface area contributed by atoms with E-state index in [1.807, 2.05) is 6.92 Å². The summed E-state index contributed by atoms with van der Waals surface area (Å²) in [7, 11) is 0. The number of hydrogen-bond acceptors (Lipinski definition) is 2. The standard InChI is InChI=1S/C17H21NO3.CH4/c1-3-11-6-5-7-12-13-8-9-21-17(4-2,10-14(19)20)16(13)18-15(11)12;/h5-7,18H,3-4,8-10H2,1-2H3,(H,19,20);1H4/t17-;/m0./s1. The van der Waals surface area contributed by atoms with Crippen molar-refractivity contribution in [1.29, 1.82) is 0 Å². The number of nitrogens with one attached hydrogen (secondary N) is 1. The van der Waals surface area contributed by atoms with E-state index < -0.39 is 11.6 Å². The molecule has 2 aromatic rings.